The number of rotatable bonds is 5. The summed E-state index contributed by atoms with van der Waals surface area (Å²) in [5, 5.41) is 14.1. The number of nitrogens with zero attached hydrogens (tertiary/aromatic N) is 5. The molecule has 0 atom stereocenters. The molecule has 0 fully saturated rings. The molecule has 1 aliphatic carbocycles. The Morgan fingerprint density at radius 2 is 0.810 bits per heavy atom. The lowest BCUT2D eigenvalue weighted by molar-refractivity contribution is 0.668. The summed E-state index contributed by atoms with van der Waals surface area (Å²) in [4.78, 5) is 5.24. The van der Waals surface area contributed by atoms with Crippen molar-refractivity contribution < 1.29 is 8.83 Å². The van der Waals surface area contributed by atoms with E-state index in [9.17, 15) is 0 Å². The summed E-state index contributed by atoms with van der Waals surface area (Å²) in [6.07, 6.45) is 0.810. The molecule has 0 radical (unpaired) electrons. The summed E-state index contributed by atoms with van der Waals surface area (Å²) in [7, 11) is 0. The summed E-state index contributed by atoms with van der Waals surface area (Å²) < 4.78 is 24.6. The van der Waals surface area contributed by atoms with E-state index in [4.69, 9.17) is 8.83 Å². The van der Waals surface area contributed by atoms with Gasteiger partial charge < -0.3 is 32.3 Å². The Bertz CT molecular complexity index is 7100. The maximum atomic E-state index is 7.62. The number of fused-ring (bicyclic) bond motifs is 26. The van der Waals surface area contributed by atoms with Gasteiger partial charge in [0.25, 0.3) is 6.71 Å². The molecule has 9 heteroatoms. The van der Waals surface area contributed by atoms with E-state index in [2.05, 4.69) is 327 Å². The van der Waals surface area contributed by atoms with E-state index in [1.54, 1.807) is 0 Å². The van der Waals surface area contributed by atoms with Crippen LogP contribution in [0.5, 0.6) is 0 Å². The van der Waals surface area contributed by atoms with Gasteiger partial charge in [0.05, 0.1) is 55.5 Å². The molecule has 0 spiro atoms. The second-order valence-corrected chi connectivity index (χ2v) is 28.4. The predicted molar refractivity (Wildman–Crippen MR) is 419 cm³/mol. The van der Waals surface area contributed by atoms with Crippen LogP contribution in [0.3, 0.4) is 0 Å². The summed E-state index contributed by atoms with van der Waals surface area (Å²) in [5.41, 5.74) is 28.9. The van der Waals surface area contributed by atoms with E-state index in [0.717, 1.165) is 124 Å². The molecule has 7 nitrogen and oxygen atoms in total. The first kappa shape index (κ1) is 53.3. The Balaban J connectivity index is 0.832. The smallest absolute Gasteiger partial charge is 0.252 e. The van der Waals surface area contributed by atoms with Crippen LogP contribution in [0.1, 0.15) is 11.1 Å². The highest BCUT2D eigenvalue weighted by Crippen LogP contribution is 2.56. The predicted octanol–water partition coefficient (Wildman–Crippen LogP) is 22.8. The van der Waals surface area contributed by atoms with Crippen LogP contribution in [0.15, 0.2) is 312 Å². The standard InChI is InChI=1S/C91H52BN5O2S/c1-9-28-71-57(20-1)58-21-2-10-29-72(58)93(71)54-40-39-52-45-53-19-17-34-78(87(53)65(52)46-54)97-80-49-66-64-27-8-16-38-85(64)100-86(66)51-70(80)92-69-48-56(95-75-32-13-5-24-61(75)62-25-6-14-33-76(62)95)41-43-77(69)96(81-50-67-63-26-7-15-36-82(63)99-91(67)90(97)89(81)92)79-35-18-37-84-88(79)68-47-55(42-44-83(68)98-84)94-73-30-11-3-22-59(73)60-23-4-12-31-74(60)94/h1-44,46-51H,45H2. The zero-order valence-corrected chi connectivity index (χ0v) is 54.4. The highest BCUT2D eigenvalue weighted by Gasteiger charge is 2.47. The lowest BCUT2D eigenvalue weighted by atomic mass is 9.33. The molecule has 21 aromatic rings. The third kappa shape index (κ3) is 6.98. The summed E-state index contributed by atoms with van der Waals surface area (Å²) in [6, 6.07) is 113. The van der Waals surface area contributed by atoms with E-state index in [1.807, 2.05) is 11.3 Å². The van der Waals surface area contributed by atoms with Crippen molar-refractivity contribution in [3.8, 4) is 28.2 Å². The SMILES string of the molecule is c1cc2c(c(N3c4cc5c(cc4B4c6cc(-n7c8ccccc8c8ccccc87)ccc6N(c6cccc7oc8ccc(-n9c%10ccccc%10c%10ccccc%109)cc8c67)c6cc7c(oc8ccccc87)c3c64)sc3ccccc35)c1)-c1cc(-n3c4ccccc4c4ccccc43)ccc1C2. The number of hydrogen-bond acceptors (Lipinski definition) is 5. The molecular weight excluding hydrogens is 1240 g/mol. The summed E-state index contributed by atoms with van der Waals surface area (Å²) in [6.45, 7) is -0.282. The lowest BCUT2D eigenvalue weighted by Crippen LogP contribution is -2.61. The first-order valence-corrected chi connectivity index (χ1v) is 35.3. The molecule has 0 bridgehead atoms. The number of para-hydroxylation sites is 7. The summed E-state index contributed by atoms with van der Waals surface area (Å²) >= 11 is 1.89. The first-order chi connectivity index (χ1) is 49.6. The molecule has 100 heavy (non-hydrogen) atoms. The quantitative estimate of drug-likeness (QED) is 0.161. The van der Waals surface area contributed by atoms with Gasteiger partial charge >= 0.3 is 0 Å². The fraction of sp³-hybridized carbons (Fsp3) is 0.0110. The van der Waals surface area contributed by atoms with Gasteiger partial charge in [-0.2, -0.15) is 0 Å². The maximum absolute atomic E-state index is 7.62. The topological polar surface area (TPSA) is 47.6 Å². The fourth-order valence-electron chi connectivity index (χ4n) is 18.3. The first-order valence-electron chi connectivity index (χ1n) is 34.5. The number of benzene rings is 15. The lowest BCUT2D eigenvalue weighted by Gasteiger charge is -2.44. The Labute approximate surface area is 575 Å². The number of furan rings is 2. The molecule has 0 N–H and O–H groups in total. The van der Waals surface area contributed by atoms with Crippen molar-refractivity contribution in [1.82, 2.24) is 13.7 Å². The molecule has 6 aromatic heterocycles. The Morgan fingerprint density at radius 3 is 1.47 bits per heavy atom. The van der Waals surface area contributed by atoms with Crippen molar-refractivity contribution in [2.24, 2.45) is 0 Å². The van der Waals surface area contributed by atoms with Crippen LogP contribution in [-0.4, -0.2) is 20.4 Å². The molecule has 3 aliphatic rings. The normalized spacial score (nSPS) is 13.3. The Morgan fingerprint density at radius 1 is 0.300 bits per heavy atom. The minimum atomic E-state index is -0.282. The number of anilines is 6. The molecule has 0 saturated carbocycles. The van der Waals surface area contributed by atoms with Crippen LogP contribution in [0.4, 0.5) is 34.1 Å². The molecule has 462 valence electrons. The van der Waals surface area contributed by atoms with E-state index in [-0.39, 0.29) is 6.71 Å². The second kappa shape index (κ2) is 19.5. The van der Waals surface area contributed by atoms with E-state index < -0.39 is 0 Å². The molecule has 15 aromatic carbocycles. The van der Waals surface area contributed by atoms with E-state index >= 15 is 0 Å². The minimum Gasteiger partial charge on any atom is -0.456 e. The Hall–Kier alpha value is -12.8. The zero-order chi connectivity index (χ0) is 64.7. The number of aromatic nitrogens is 3. The highest BCUT2D eigenvalue weighted by molar-refractivity contribution is 7.26. The summed E-state index contributed by atoms with van der Waals surface area (Å²) in [5.74, 6) is 0. The van der Waals surface area contributed by atoms with Gasteiger partial charge in [-0.3, -0.25) is 0 Å². The number of hydrogen-bond donors (Lipinski definition) is 0. The van der Waals surface area contributed by atoms with Crippen LogP contribution < -0.4 is 26.2 Å². The largest absolute Gasteiger partial charge is 0.456 e. The van der Waals surface area contributed by atoms with Crippen molar-refractivity contribution in [2.75, 3.05) is 9.80 Å². The van der Waals surface area contributed by atoms with Gasteiger partial charge in [-0.15, -0.1) is 11.3 Å². The second-order valence-electron chi connectivity index (χ2n) is 27.4. The van der Waals surface area contributed by atoms with Gasteiger partial charge in [0.1, 0.15) is 16.7 Å². The fourth-order valence-corrected chi connectivity index (χ4v) is 19.5. The third-order valence-electron chi connectivity index (χ3n) is 22.4. The molecule has 0 saturated heterocycles. The van der Waals surface area contributed by atoms with Gasteiger partial charge in [-0.1, -0.05) is 170 Å². The van der Waals surface area contributed by atoms with Crippen molar-refractivity contribution >= 4 is 198 Å². The average Bonchev–Trinajstić information content (AvgIpc) is 1.11. The van der Waals surface area contributed by atoms with E-state index in [0.29, 0.717) is 0 Å². The molecule has 2 aliphatic heterocycles. The number of thiophene rings is 1. The molecule has 8 heterocycles. The van der Waals surface area contributed by atoms with Gasteiger partial charge in [0.15, 0.2) is 5.58 Å². The van der Waals surface area contributed by atoms with Gasteiger partial charge in [0.2, 0.25) is 0 Å². The molecule has 0 amide bonds. The monoisotopic (exact) mass is 1290 g/mol. The highest BCUT2D eigenvalue weighted by atomic mass is 32.1. The van der Waals surface area contributed by atoms with Crippen molar-refractivity contribution in [1.29, 1.82) is 0 Å². The Kier molecular flexibility index (Phi) is 10.4. The van der Waals surface area contributed by atoms with Crippen LogP contribution in [0.25, 0.3) is 158 Å². The van der Waals surface area contributed by atoms with Crippen LogP contribution in [0, 0.1) is 0 Å². The average molecular weight is 1290 g/mol. The molecule has 0 unspecified atom stereocenters. The van der Waals surface area contributed by atoms with Crippen LogP contribution in [-0.2, 0) is 6.42 Å². The van der Waals surface area contributed by atoms with Crippen molar-refractivity contribution in [3.63, 3.8) is 0 Å². The molecule has 24 rings (SSSR count). The van der Waals surface area contributed by atoms with Gasteiger partial charge in [-0.25, -0.2) is 0 Å². The van der Waals surface area contributed by atoms with Crippen molar-refractivity contribution in [3.05, 3.63) is 314 Å². The minimum absolute atomic E-state index is 0.282. The van der Waals surface area contributed by atoms with Crippen molar-refractivity contribution in [2.45, 2.75) is 6.42 Å². The zero-order valence-electron chi connectivity index (χ0n) is 53.6. The maximum Gasteiger partial charge on any atom is 0.252 e. The van der Waals surface area contributed by atoms with Gasteiger partial charge in [-0.05, 0) is 173 Å². The van der Waals surface area contributed by atoms with Crippen LogP contribution >= 0.6 is 11.3 Å². The third-order valence-corrected chi connectivity index (χ3v) is 23.5. The molecular formula is C91H52BN5O2S. The van der Waals surface area contributed by atoms with Gasteiger partial charge in [0, 0.05) is 108 Å². The van der Waals surface area contributed by atoms with Crippen LogP contribution in [0.2, 0.25) is 0 Å². The van der Waals surface area contributed by atoms with E-state index in [1.165, 1.54) is 102 Å².